The van der Waals surface area contributed by atoms with Gasteiger partial charge < -0.3 is 0 Å². The Balaban J connectivity index is 0.000000561. The van der Waals surface area contributed by atoms with Gasteiger partial charge in [0.2, 0.25) is 0 Å². The summed E-state index contributed by atoms with van der Waals surface area (Å²) in [5.74, 6) is 0.0719. The van der Waals surface area contributed by atoms with Gasteiger partial charge >= 0.3 is 0 Å². The van der Waals surface area contributed by atoms with Crippen molar-refractivity contribution in [1.29, 1.82) is 0 Å². The molecule has 0 amide bonds. The van der Waals surface area contributed by atoms with Gasteiger partial charge in [0, 0.05) is 13.0 Å². The summed E-state index contributed by atoms with van der Waals surface area (Å²) in [6.07, 6.45) is -0.426. The van der Waals surface area contributed by atoms with Crippen molar-refractivity contribution in [3.05, 3.63) is 0 Å². The summed E-state index contributed by atoms with van der Waals surface area (Å²) in [5.41, 5.74) is 0. The maximum atomic E-state index is 12.6. The van der Waals surface area contributed by atoms with Gasteiger partial charge in [0.1, 0.15) is 12.0 Å². The van der Waals surface area contributed by atoms with Crippen molar-refractivity contribution in [2.45, 2.75) is 39.4 Å². The van der Waals surface area contributed by atoms with E-state index in [9.17, 15) is 9.18 Å². The lowest BCUT2D eigenvalue weighted by atomic mass is 10.1. The highest BCUT2D eigenvalue weighted by Gasteiger charge is 2.31. The average molecular weight is 175 g/mol. The molecular weight excluding hydrogens is 157 g/mol. The zero-order valence-corrected chi connectivity index (χ0v) is 8.30. The van der Waals surface area contributed by atoms with E-state index >= 15 is 0 Å². The summed E-state index contributed by atoms with van der Waals surface area (Å²) in [5, 5.41) is 0. The Labute approximate surface area is 73.7 Å². The van der Waals surface area contributed by atoms with E-state index in [0.717, 1.165) is 0 Å². The van der Waals surface area contributed by atoms with Crippen LogP contribution in [0.5, 0.6) is 0 Å². The predicted molar refractivity (Wildman–Crippen MR) is 48.0 cm³/mol. The van der Waals surface area contributed by atoms with Crippen LogP contribution in [-0.4, -0.2) is 36.5 Å². The summed E-state index contributed by atoms with van der Waals surface area (Å²) < 4.78 is 12.6. The number of ketones is 1. The van der Waals surface area contributed by atoms with E-state index in [1.807, 2.05) is 13.8 Å². The maximum absolute atomic E-state index is 12.6. The molecule has 0 unspecified atom stereocenters. The van der Waals surface area contributed by atoms with E-state index < -0.39 is 6.17 Å². The van der Waals surface area contributed by atoms with Crippen LogP contribution in [0.1, 0.15) is 27.2 Å². The second-order valence-electron chi connectivity index (χ2n) is 2.90. The smallest absolute Gasteiger partial charge is 0.146 e. The highest BCUT2D eigenvalue weighted by atomic mass is 19.1. The third kappa shape index (κ3) is 2.89. The molecule has 0 aromatic carbocycles. The minimum Gasteiger partial charge on any atom is -0.298 e. The fourth-order valence-corrected chi connectivity index (χ4v) is 1.41. The number of likely N-dealkylation sites (N-methyl/N-ethyl adjacent to an activating group) is 1. The lowest BCUT2D eigenvalue weighted by Gasteiger charge is -2.14. The molecule has 1 fully saturated rings. The molecule has 72 valence electrons. The Morgan fingerprint density at radius 3 is 2.17 bits per heavy atom. The highest BCUT2D eigenvalue weighted by Crippen LogP contribution is 2.18. The molecule has 1 aliphatic heterocycles. The Bertz CT molecular complexity index is 149. The van der Waals surface area contributed by atoms with E-state index in [1.165, 1.54) is 6.92 Å². The molecule has 0 spiro atoms. The molecule has 3 heteroatoms. The molecule has 0 saturated carbocycles. The summed E-state index contributed by atoms with van der Waals surface area (Å²) in [7, 11) is 1.78. The lowest BCUT2D eigenvalue weighted by Crippen LogP contribution is -2.30. The fourth-order valence-electron chi connectivity index (χ4n) is 1.41. The van der Waals surface area contributed by atoms with Gasteiger partial charge in [0.05, 0.1) is 6.04 Å². The number of carbonyl (C=O) groups excluding carboxylic acids is 1. The molecule has 12 heavy (non-hydrogen) atoms. The molecule has 0 aromatic rings. The van der Waals surface area contributed by atoms with E-state index in [1.54, 1.807) is 11.9 Å². The Kier molecular flexibility index (Phi) is 5.06. The van der Waals surface area contributed by atoms with Crippen LogP contribution in [0.15, 0.2) is 0 Å². The number of likely N-dealkylation sites (tertiary alicyclic amines) is 1. The van der Waals surface area contributed by atoms with Crippen LogP contribution in [0.2, 0.25) is 0 Å². The average Bonchev–Trinajstić information content (AvgIpc) is 2.34. The third-order valence-electron chi connectivity index (χ3n) is 1.97. The maximum Gasteiger partial charge on any atom is 0.146 e. The Morgan fingerprint density at radius 2 is 2.00 bits per heavy atom. The standard InChI is InChI=1S/C7H12FNO.C2H6/c1-5(10)7-3-6(8)4-9(7)2;1-2/h6-7H,3-4H2,1-2H3;1-2H3/t6-,7+;/m1./s1. The molecular formula is C9H18FNO. The van der Waals surface area contributed by atoms with Gasteiger partial charge in [-0.25, -0.2) is 4.39 Å². The zero-order chi connectivity index (χ0) is 9.72. The zero-order valence-electron chi connectivity index (χ0n) is 8.30. The first-order valence-corrected chi connectivity index (χ1v) is 4.46. The van der Waals surface area contributed by atoms with Crippen LogP contribution in [0.4, 0.5) is 4.39 Å². The molecule has 1 aliphatic rings. The van der Waals surface area contributed by atoms with Crippen LogP contribution < -0.4 is 0 Å². The number of halogens is 1. The normalized spacial score (nSPS) is 29.4. The van der Waals surface area contributed by atoms with Crippen LogP contribution in [0.3, 0.4) is 0 Å². The number of carbonyl (C=O) groups is 1. The number of rotatable bonds is 1. The number of hydrogen-bond donors (Lipinski definition) is 0. The van der Waals surface area contributed by atoms with Crippen molar-refractivity contribution >= 4 is 5.78 Å². The van der Waals surface area contributed by atoms with Crippen LogP contribution in [-0.2, 0) is 4.79 Å². The van der Waals surface area contributed by atoms with Gasteiger partial charge in [-0.3, -0.25) is 9.69 Å². The quantitative estimate of drug-likeness (QED) is 0.604. The topological polar surface area (TPSA) is 20.3 Å². The monoisotopic (exact) mass is 175 g/mol. The molecule has 0 aliphatic carbocycles. The van der Waals surface area contributed by atoms with Crippen molar-refractivity contribution < 1.29 is 9.18 Å². The summed E-state index contributed by atoms with van der Waals surface area (Å²) in [6.45, 7) is 5.92. The Hall–Kier alpha value is -0.440. The minimum atomic E-state index is -0.807. The van der Waals surface area contributed by atoms with Crippen LogP contribution in [0, 0.1) is 0 Å². The van der Waals surface area contributed by atoms with Crippen molar-refractivity contribution in [3.8, 4) is 0 Å². The molecule has 0 bridgehead atoms. The van der Waals surface area contributed by atoms with Crippen molar-refractivity contribution in [1.82, 2.24) is 4.90 Å². The van der Waals surface area contributed by atoms with Gasteiger partial charge in [-0.1, -0.05) is 13.8 Å². The first kappa shape index (κ1) is 11.6. The lowest BCUT2D eigenvalue weighted by molar-refractivity contribution is -0.120. The van der Waals surface area contributed by atoms with Crippen LogP contribution in [0.25, 0.3) is 0 Å². The van der Waals surface area contributed by atoms with E-state index in [0.29, 0.717) is 13.0 Å². The first-order chi connectivity index (χ1) is 5.61. The number of alkyl halides is 1. The highest BCUT2D eigenvalue weighted by molar-refractivity contribution is 5.81. The molecule has 0 radical (unpaired) electrons. The van der Waals surface area contributed by atoms with Crippen molar-refractivity contribution in [2.75, 3.05) is 13.6 Å². The third-order valence-corrected chi connectivity index (χ3v) is 1.97. The van der Waals surface area contributed by atoms with E-state index in [4.69, 9.17) is 0 Å². The summed E-state index contributed by atoms with van der Waals surface area (Å²) in [6, 6.07) is -0.171. The molecule has 2 atom stereocenters. The van der Waals surface area contributed by atoms with Gasteiger partial charge in [-0.15, -0.1) is 0 Å². The van der Waals surface area contributed by atoms with Crippen LogP contribution >= 0.6 is 0 Å². The SMILES string of the molecule is CC.CC(=O)[C@@H]1C[C@@H](F)CN1C. The molecule has 0 aromatic heterocycles. The largest absolute Gasteiger partial charge is 0.298 e. The fraction of sp³-hybridized carbons (Fsp3) is 0.889. The molecule has 0 N–H and O–H groups in total. The number of Topliss-reactive ketones (excluding diaryl/α,β-unsaturated/α-hetero) is 1. The van der Waals surface area contributed by atoms with Gasteiger partial charge in [-0.05, 0) is 14.0 Å². The Morgan fingerprint density at radius 1 is 1.50 bits per heavy atom. The van der Waals surface area contributed by atoms with Crippen molar-refractivity contribution in [2.24, 2.45) is 0 Å². The second kappa shape index (κ2) is 5.25. The second-order valence-corrected chi connectivity index (χ2v) is 2.90. The minimum absolute atomic E-state index is 0.0719. The van der Waals surface area contributed by atoms with Gasteiger partial charge in [0.25, 0.3) is 0 Å². The van der Waals surface area contributed by atoms with Crippen molar-refractivity contribution in [3.63, 3.8) is 0 Å². The summed E-state index contributed by atoms with van der Waals surface area (Å²) >= 11 is 0. The molecule has 1 saturated heterocycles. The number of nitrogens with zero attached hydrogens (tertiary/aromatic N) is 1. The first-order valence-electron chi connectivity index (χ1n) is 4.46. The molecule has 1 heterocycles. The molecule has 2 nitrogen and oxygen atoms in total. The van der Waals surface area contributed by atoms with E-state index in [-0.39, 0.29) is 11.8 Å². The van der Waals surface area contributed by atoms with Gasteiger partial charge in [-0.2, -0.15) is 0 Å². The molecule has 1 rings (SSSR count). The summed E-state index contributed by atoms with van der Waals surface area (Å²) in [4.78, 5) is 12.6. The van der Waals surface area contributed by atoms with E-state index in [2.05, 4.69) is 0 Å². The predicted octanol–water partition coefficient (Wildman–Crippen LogP) is 1.64. The van der Waals surface area contributed by atoms with Gasteiger partial charge in [0.15, 0.2) is 0 Å². The number of hydrogen-bond acceptors (Lipinski definition) is 2.